The second-order valence-electron chi connectivity index (χ2n) is 3.82. The Bertz CT molecular complexity index is 248. The monoisotopic (exact) mass is 294 g/mol. The molecule has 0 aromatic rings. The fourth-order valence-corrected chi connectivity index (χ4v) is 6.68. The van der Waals surface area contributed by atoms with Crippen LogP contribution in [0.3, 0.4) is 0 Å². The molecule has 0 spiro atoms. The maximum absolute atomic E-state index is 11.3. The van der Waals surface area contributed by atoms with E-state index >= 15 is 0 Å². The lowest BCUT2D eigenvalue weighted by Gasteiger charge is -2.14. The van der Waals surface area contributed by atoms with Crippen molar-refractivity contribution in [1.29, 1.82) is 0 Å². The van der Waals surface area contributed by atoms with Gasteiger partial charge in [-0.05, 0) is 18.9 Å². The Balaban J connectivity index is 2.07. The Morgan fingerprint density at radius 1 is 1.62 bits per heavy atom. The zero-order valence-electron chi connectivity index (χ0n) is 9.73. The zero-order chi connectivity index (χ0) is 12.0. The average molecular weight is 295 g/mol. The lowest BCUT2D eigenvalue weighted by atomic mass is 10.3. The van der Waals surface area contributed by atoms with Gasteiger partial charge in [-0.25, -0.2) is 0 Å². The number of hydrogen-bond donors (Lipinski definition) is 0. The van der Waals surface area contributed by atoms with Crippen LogP contribution in [0, 0.1) is 0 Å². The first kappa shape index (κ1) is 14.9. The van der Waals surface area contributed by atoms with E-state index < -0.39 is 0 Å². The normalized spacial score (nSPS) is 22.0. The zero-order valence-corrected chi connectivity index (χ0v) is 13.0. The van der Waals surface area contributed by atoms with Crippen LogP contribution in [-0.4, -0.2) is 31.5 Å². The maximum atomic E-state index is 11.3. The molecule has 1 fully saturated rings. The van der Waals surface area contributed by atoms with E-state index in [1.807, 2.05) is 23.5 Å². The summed E-state index contributed by atoms with van der Waals surface area (Å²) in [5.41, 5.74) is 0.654. The Labute approximate surface area is 115 Å². The molecule has 1 aliphatic rings. The Morgan fingerprint density at radius 3 is 2.94 bits per heavy atom. The first-order valence-electron chi connectivity index (χ1n) is 5.23. The maximum Gasteiger partial charge on any atom is 0.215 e. The van der Waals surface area contributed by atoms with Crippen molar-refractivity contribution < 1.29 is 4.79 Å². The number of carbonyl (C=O) groups is 1. The van der Waals surface area contributed by atoms with Gasteiger partial charge in [0, 0.05) is 26.4 Å². The highest BCUT2D eigenvalue weighted by atomic mass is 32.2. The van der Waals surface area contributed by atoms with Crippen LogP contribution in [0.25, 0.3) is 0 Å². The SMILES string of the molecule is C=C(C)C(=O)SCSC(C)CC1CSCS1. The summed E-state index contributed by atoms with van der Waals surface area (Å²) in [7, 11) is 0. The van der Waals surface area contributed by atoms with Crippen LogP contribution in [0.2, 0.25) is 0 Å². The van der Waals surface area contributed by atoms with E-state index in [2.05, 4.69) is 25.3 Å². The first-order valence-corrected chi connectivity index (χ1v) is 9.47. The third kappa shape index (κ3) is 5.94. The lowest BCUT2D eigenvalue weighted by molar-refractivity contribution is -0.107. The minimum absolute atomic E-state index is 0.130. The van der Waals surface area contributed by atoms with Gasteiger partial charge in [-0.2, -0.15) is 0 Å². The molecule has 2 unspecified atom stereocenters. The van der Waals surface area contributed by atoms with E-state index in [1.165, 1.54) is 29.0 Å². The third-order valence-corrected chi connectivity index (χ3v) is 7.46. The molecule has 0 aromatic carbocycles. The van der Waals surface area contributed by atoms with Gasteiger partial charge in [0.2, 0.25) is 5.12 Å². The highest BCUT2D eigenvalue weighted by molar-refractivity contribution is 8.24. The van der Waals surface area contributed by atoms with Crippen LogP contribution < -0.4 is 0 Å². The van der Waals surface area contributed by atoms with Crippen LogP contribution in [0.15, 0.2) is 12.2 Å². The molecule has 0 radical (unpaired) electrons. The van der Waals surface area contributed by atoms with E-state index in [-0.39, 0.29) is 5.12 Å². The molecular formula is C11H18OS4. The van der Waals surface area contributed by atoms with Crippen LogP contribution in [0.4, 0.5) is 0 Å². The van der Waals surface area contributed by atoms with Gasteiger partial charge in [-0.15, -0.1) is 35.3 Å². The Hall–Kier alpha value is 0.810. The van der Waals surface area contributed by atoms with Gasteiger partial charge < -0.3 is 0 Å². The molecule has 16 heavy (non-hydrogen) atoms. The molecule has 2 atom stereocenters. The van der Waals surface area contributed by atoms with Crippen LogP contribution >= 0.6 is 47.0 Å². The van der Waals surface area contributed by atoms with Gasteiger partial charge in [0.15, 0.2) is 0 Å². The summed E-state index contributed by atoms with van der Waals surface area (Å²) in [6.45, 7) is 7.69. The molecule has 1 heterocycles. The summed E-state index contributed by atoms with van der Waals surface area (Å²) >= 11 is 7.39. The molecule has 0 bridgehead atoms. The summed E-state index contributed by atoms with van der Waals surface area (Å²) in [5.74, 6) is 1.30. The van der Waals surface area contributed by atoms with E-state index in [1.54, 1.807) is 6.92 Å². The second-order valence-corrected chi connectivity index (χ2v) is 9.25. The van der Waals surface area contributed by atoms with E-state index in [4.69, 9.17) is 0 Å². The highest BCUT2D eigenvalue weighted by Crippen LogP contribution is 2.34. The minimum Gasteiger partial charge on any atom is -0.282 e. The molecule has 0 N–H and O–H groups in total. The van der Waals surface area contributed by atoms with E-state index in [0.29, 0.717) is 10.8 Å². The molecule has 0 saturated carbocycles. The second kappa shape index (κ2) is 8.01. The molecule has 1 rings (SSSR count). The Morgan fingerprint density at radius 2 is 2.38 bits per heavy atom. The van der Waals surface area contributed by atoms with Crippen molar-refractivity contribution in [2.75, 3.05) is 15.9 Å². The fourth-order valence-electron chi connectivity index (χ4n) is 1.27. The summed E-state index contributed by atoms with van der Waals surface area (Å²) in [5, 5.41) is 3.73. The highest BCUT2D eigenvalue weighted by Gasteiger charge is 2.19. The number of thioether (sulfide) groups is 4. The molecule has 5 heteroatoms. The fraction of sp³-hybridized carbons (Fsp3) is 0.727. The predicted octanol–water partition coefficient (Wildman–Crippen LogP) is 4.10. The predicted molar refractivity (Wildman–Crippen MR) is 82.7 cm³/mol. The van der Waals surface area contributed by atoms with E-state index in [0.717, 1.165) is 10.3 Å². The largest absolute Gasteiger partial charge is 0.282 e. The van der Waals surface area contributed by atoms with Crippen molar-refractivity contribution in [3.8, 4) is 0 Å². The molecule has 0 amide bonds. The van der Waals surface area contributed by atoms with Gasteiger partial charge in [0.05, 0.1) is 0 Å². The molecular weight excluding hydrogens is 276 g/mol. The molecule has 0 aromatic heterocycles. The average Bonchev–Trinajstić information content (AvgIpc) is 2.70. The minimum atomic E-state index is 0.130. The third-order valence-electron chi connectivity index (χ3n) is 2.18. The van der Waals surface area contributed by atoms with Gasteiger partial charge in [0.25, 0.3) is 0 Å². The van der Waals surface area contributed by atoms with Crippen molar-refractivity contribution in [3.63, 3.8) is 0 Å². The lowest BCUT2D eigenvalue weighted by Crippen LogP contribution is -2.09. The summed E-state index contributed by atoms with van der Waals surface area (Å²) in [6, 6.07) is 0. The molecule has 0 aliphatic carbocycles. The summed E-state index contributed by atoms with van der Waals surface area (Å²) in [6.07, 6.45) is 1.27. The molecule has 92 valence electrons. The standard InChI is InChI=1S/C11H18OS4/c1-8(2)11(12)16-7-14-9(3)4-10-5-13-6-15-10/h9-10H,1,4-7H2,2-3H3. The van der Waals surface area contributed by atoms with Crippen molar-refractivity contribution in [2.24, 2.45) is 0 Å². The van der Waals surface area contributed by atoms with Crippen molar-refractivity contribution in [2.45, 2.75) is 30.8 Å². The van der Waals surface area contributed by atoms with Crippen LogP contribution in [0.1, 0.15) is 20.3 Å². The number of rotatable bonds is 6. The van der Waals surface area contributed by atoms with Crippen molar-refractivity contribution in [1.82, 2.24) is 0 Å². The van der Waals surface area contributed by atoms with Gasteiger partial charge >= 0.3 is 0 Å². The van der Waals surface area contributed by atoms with Crippen LogP contribution in [-0.2, 0) is 4.79 Å². The quantitative estimate of drug-likeness (QED) is 0.540. The van der Waals surface area contributed by atoms with E-state index in [9.17, 15) is 4.79 Å². The van der Waals surface area contributed by atoms with Crippen molar-refractivity contribution in [3.05, 3.63) is 12.2 Å². The smallest absolute Gasteiger partial charge is 0.215 e. The van der Waals surface area contributed by atoms with Gasteiger partial charge in [0.1, 0.15) is 0 Å². The topological polar surface area (TPSA) is 17.1 Å². The van der Waals surface area contributed by atoms with Gasteiger partial charge in [-0.3, -0.25) is 4.79 Å². The van der Waals surface area contributed by atoms with Gasteiger partial charge in [-0.1, -0.05) is 25.3 Å². The Kier molecular flexibility index (Phi) is 7.44. The van der Waals surface area contributed by atoms with Crippen LogP contribution in [0.5, 0.6) is 0 Å². The molecule has 1 nitrogen and oxygen atoms in total. The number of carbonyl (C=O) groups excluding carboxylic acids is 1. The number of hydrogen-bond acceptors (Lipinski definition) is 5. The molecule has 1 saturated heterocycles. The summed E-state index contributed by atoms with van der Waals surface area (Å²) < 4.78 is 0. The molecule has 1 aliphatic heterocycles. The summed E-state index contributed by atoms with van der Waals surface area (Å²) in [4.78, 5) is 11.3. The van der Waals surface area contributed by atoms with Crippen molar-refractivity contribution >= 4 is 52.2 Å². The first-order chi connectivity index (χ1) is 7.59.